The van der Waals surface area contributed by atoms with E-state index in [1.807, 2.05) is 24.4 Å². The summed E-state index contributed by atoms with van der Waals surface area (Å²) in [5.74, 6) is 2.77. The predicted octanol–water partition coefficient (Wildman–Crippen LogP) is 3.97. The van der Waals surface area contributed by atoms with Crippen LogP contribution in [0.4, 0.5) is 5.82 Å². The fraction of sp³-hybridized carbons (Fsp3) is 0.593. The van der Waals surface area contributed by atoms with E-state index in [4.69, 9.17) is 19.4 Å². The quantitative estimate of drug-likeness (QED) is 0.425. The smallest absolute Gasteiger partial charge is 0.253 e. The van der Waals surface area contributed by atoms with Crippen molar-refractivity contribution in [1.29, 1.82) is 0 Å². The molecule has 2 saturated heterocycles. The zero-order valence-electron chi connectivity index (χ0n) is 21.8. The minimum atomic E-state index is 0.357. The van der Waals surface area contributed by atoms with Gasteiger partial charge < -0.3 is 24.6 Å². The fourth-order valence-electron chi connectivity index (χ4n) is 5.23. The van der Waals surface area contributed by atoms with Gasteiger partial charge >= 0.3 is 0 Å². The minimum Gasteiger partial charge on any atom is -0.493 e. The summed E-state index contributed by atoms with van der Waals surface area (Å²) in [6.45, 7) is 10.8. The van der Waals surface area contributed by atoms with E-state index in [9.17, 15) is 0 Å². The van der Waals surface area contributed by atoms with Crippen LogP contribution in [0.25, 0.3) is 16.9 Å². The second-order valence-electron chi connectivity index (χ2n) is 10.1. The van der Waals surface area contributed by atoms with Gasteiger partial charge in [0.15, 0.2) is 11.5 Å². The Morgan fingerprint density at radius 3 is 2.56 bits per heavy atom. The number of aromatic nitrogens is 4. The number of fused-ring (bicyclic) bond motifs is 1. The monoisotopic (exact) mass is 493 g/mol. The van der Waals surface area contributed by atoms with Crippen molar-refractivity contribution in [1.82, 2.24) is 29.5 Å². The Balaban J connectivity index is 1.39. The van der Waals surface area contributed by atoms with Gasteiger partial charge in [0.05, 0.1) is 19.2 Å². The number of hydrogen-bond donors (Lipinski definition) is 1. The molecule has 1 aromatic carbocycles. The summed E-state index contributed by atoms with van der Waals surface area (Å²) in [4.78, 5) is 14.7. The van der Waals surface area contributed by atoms with Crippen molar-refractivity contribution in [2.75, 3.05) is 51.8 Å². The number of anilines is 1. The molecule has 194 valence electrons. The molecule has 0 amide bonds. The summed E-state index contributed by atoms with van der Waals surface area (Å²) < 4.78 is 13.6. The van der Waals surface area contributed by atoms with E-state index >= 15 is 0 Å². The molecule has 9 heteroatoms. The van der Waals surface area contributed by atoms with Crippen molar-refractivity contribution in [3.8, 4) is 17.4 Å². The van der Waals surface area contributed by atoms with Crippen molar-refractivity contribution in [3.63, 3.8) is 0 Å². The van der Waals surface area contributed by atoms with E-state index in [2.05, 4.69) is 34.1 Å². The highest BCUT2D eigenvalue weighted by atomic mass is 16.5. The lowest BCUT2D eigenvalue weighted by molar-refractivity contribution is 0.177. The summed E-state index contributed by atoms with van der Waals surface area (Å²) in [5, 5.41) is 9.01. The lowest BCUT2D eigenvalue weighted by atomic mass is 10.0. The van der Waals surface area contributed by atoms with Crippen molar-refractivity contribution in [2.45, 2.75) is 58.0 Å². The SMILES string of the molecule is COc1cc2c(NC3CCN(C(C)C)CC3)nc(-n3cccn3)nc2cc1OCCCN1CCCC1. The molecule has 0 atom stereocenters. The van der Waals surface area contributed by atoms with Crippen LogP contribution in [0.3, 0.4) is 0 Å². The fourth-order valence-corrected chi connectivity index (χ4v) is 5.23. The average molecular weight is 494 g/mol. The molecule has 1 N–H and O–H groups in total. The van der Waals surface area contributed by atoms with Gasteiger partial charge in [0.2, 0.25) is 0 Å². The Morgan fingerprint density at radius 1 is 1.06 bits per heavy atom. The van der Waals surface area contributed by atoms with Crippen LogP contribution in [-0.4, -0.2) is 88.1 Å². The van der Waals surface area contributed by atoms with Crippen molar-refractivity contribution < 1.29 is 9.47 Å². The number of benzene rings is 1. The Bertz CT molecular complexity index is 1120. The molecule has 2 aliphatic heterocycles. The zero-order chi connectivity index (χ0) is 24.9. The summed E-state index contributed by atoms with van der Waals surface area (Å²) in [5.41, 5.74) is 0.813. The number of hydrogen-bond acceptors (Lipinski definition) is 8. The van der Waals surface area contributed by atoms with Gasteiger partial charge in [0.1, 0.15) is 5.82 Å². The number of nitrogens with one attached hydrogen (secondary N) is 1. The van der Waals surface area contributed by atoms with Crippen molar-refractivity contribution >= 4 is 16.7 Å². The van der Waals surface area contributed by atoms with Crippen LogP contribution >= 0.6 is 0 Å². The first-order valence-electron chi connectivity index (χ1n) is 13.4. The van der Waals surface area contributed by atoms with Gasteiger partial charge in [-0.25, -0.2) is 9.67 Å². The maximum absolute atomic E-state index is 6.19. The molecule has 0 aliphatic carbocycles. The molecule has 0 unspecified atom stereocenters. The number of rotatable bonds is 10. The topological polar surface area (TPSA) is 80.6 Å². The summed E-state index contributed by atoms with van der Waals surface area (Å²) in [6, 6.07) is 6.80. The third kappa shape index (κ3) is 5.73. The second-order valence-corrected chi connectivity index (χ2v) is 10.1. The molecular weight excluding hydrogens is 454 g/mol. The first kappa shape index (κ1) is 24.8. The Hall–Kier alpha value is -2.91. The van der Waals surface area contributed by atoms with E-state index in [-0.39, 0.29) is 0 Å². The van der Waals surface area contributed by atoms with Crippen LogP contribution in [0.15, 0.2) is 30.6 Å². The molecule has 2 aromatic heterocycles. The number of methoxy groups -OCH3 is 1. The molecule has 4 heterocycles. The first-order chi connectivity index (χ1) is 17.6. The van der Waals surface area contributed by atoms with Crippen molar-refractivity contribution in [2.24, 2.45) is 0 Å². The van der Waals surface area contributed by atoms with Crippen LogP contribution in [0, 0.1) is 0 Å². The molecule has 9 nitrogen and oxygen atoms in total. The normalized spacial score (nSPS) is 17.8. The van der Waals surface area contributed by atoms with Crippen LogP contribution < -0.4 is 14.8 Å². The van der Waals surface area contributed by atoms with Gasteiger partial charge in [-0.3, -0.25) is 0 Å². The number of piperidine rings is 1. The Morgan fingerprint density at radius 2 is 1.86 bits per heavy atom. The highest BCUT2D eigenvalue weighted by Gasteiger charge is 2.23. The maximum atomic E-state index is 6.19. The second kappa shape index (κ2) is 11.4. The van der Waals surface area contributed by atoms with E-state index < -0.39 is 0 Å². The van der Waals surface area contributed by atoms with Crippen LogP contribution in [0.2, 0.25) is 0 Å². The van der Waals surface area contributed by atoms with E-state index in [0.717, 1.165) is 55.6 Å². The van der Waals surface area contributed by atoms with Gasteiger partial charge in [-0.15, -0.1) is 0 Å². The van der Waals surface area contributed by atoms with Gasteiger partial charge in [-0.2, -0.15) is 10.1 Å². The summed E-state index contributed by atoms with van der Waals surface area (Å²) >= 11 is 0. The van der Waals surface area contributed by atoms with Crippen molar-refractivity contribution in [3.05, 3.63) is 30.6 Å². The number of ether oxygens (including phenoxy) is 2. The van der Waals surface area contributed by atoms with Gasteiger partial charge in [-0.1, -0.05) is 0 Å². The highest BCUT2D eigenvalue weighted by molar-refractivity contribution is 5.92. The Kier molecular flexibility index (Phi) is 7.87. The van der Waals surface area contributed by atoms with E-state index in [1.165, 1.54) is 25.9 Å². The van der Waals surface area contributed by atoms with Crippen LogP contribution in [0.5, 0.6) is 11.5 Å². The first-order valence-corrected chi connectivity index (χ1v) is 13.4. The molecule has 2 aliphatic rings. The summed E-state index contributed by atoms with van der Waals surface area (Å²) in [6.07, 6.45) is 9.38. The van der Waals surface area contributed by atoms with E-state index in [1.54, 1.807) is 18.0 Å². The number of nitrogens with zero attached hydrogens (tertiary/aromatic N) is 6. The third-order valence-electron chi connectivity index (χ3n) is 7.35. The average Bonchev–Trinajstić information content (AvgIpc) is 3.61. The molecule has 5 rings (SSSR count). The molecule has 36 heavy (non-hydrogen) atoms. The molecule has 2 fully saturated rings. The molecule has 0 spiro atoms. The van der Waals surface area contributed by atoms with Gasteiger partial charge in [0.25, 0.3) is 5.95 Å². The molecular formula is C27H39N7O2. The molecule has 0 bridgehead atoms. The zero-order valence-corrected chi connectivity index (χ0v) is 21.8. The lowest BCUT2D eigenvalue weighted by Crippen LogP contribution is -2.42. The Labute approximate surface area is 213 Å². The van der Waals surface area contributed by atoms with Gasteiger partial charge in [-0.05, 0) is 71.2 Å². The predicted molar refractivity (Wildman–Crippen MR) is 142 cm³/mol. The molecule has 0 radical (unpaired) electrons. The third-order valence-corrected chi connectivity index (χ3v) is 7.35. The molecule has 3 aromatic rings. The maximum Gasteiger partial charge on any atom is 0.253 e. The van der Waals surface area contributed by atoms with Crippen LogP contribution in [0.1, 0.15) is 46.0 Å². The largest absolute Gasteiger partial charge is 0.493 e. The minimum absolute atomic E-state index is 0.357. The van der Waals surface area contributed by atoms with Gasteiger partial charge in [0, 0.05) is 55.6 Å². The van der Waals surface area contributed by atoms with Crippen LogP contribution in [-0.2, 0) is 0 Å². The highest BCUT2D eigenvalue weighted by Crippen LogP contribution is 2.35. The number of likely N-dealkylation sites (tertiary alicyclic amines) is 2. The molecule has 0 saturated carbocycles. The van der Waals surface area contributed by atoms with E-state index in [0.29, 0.717) is 36.1 Å². The standard InChI is InChI=1S/C27H39N7O2/c1-20(2)33-15-8-21(9-16-33)29-26-22-18-24(35-3)25(36-17-7-13-32-11-4-5-12-32)19-23(22)30-27(31-26)34-14-6-10-28-34/h6,10,14,18-21H,4-5,7-9,11-13,15-17H2,1-3H3,(H,29,30,31). The summed E-state index contributed by atoms with van der Waals surface area (Å²) in [7, 11) is 1.69. The lowest BCUT2D eigenvalue weighted by Gasteiger charge is -2.35.